The summed E-state index contributed by atoms with van der Waals surface area (Å²) in [5, 5.41) is 0. The van der Waals surface area contributed by atoms with Crippen LogP contribution in [-0.2, 0) is 4.74 Å². The van der Waals surface area contributed by atoms with Crippen molar-refractivity contribution in [1.82, 2.24) is 0 Å². The number of hydrogen-bond acceptors (Lipinski definition) is 1. The van der Waals surface area contributed by atoms with Crippen LogP contribution in [0.15, 0.2) is 24.2 Å². The number of rotatable bonds is 3. The Morgan fingerprint density at radius 3 is 3.10 bits per heavy atom. The zero-order chi connectivity index (χ0) is 7.23. The highest BCUT2D eigenvalue weighted by Gasteiger charge is 1.97. The second-order valence-electron chi connectivity index (χ2n) is 2.35. The molecule has 0 amide bonds. The molecule has 1 nitrogen and oxygen atoms in total. The van der Waals surface area contributed by atoms with E-state index in [9.17, 15) is 0 Å². The SMILES string of the molecule is [CH2]CCCC1=CCC=CO1. The van der Waals surface area contributed by atoms with Crippen molar-refractivity contribution >= 4 is 0 Å². The molecular formula is C9H13O. The van der Waals surface area contributed by atoms with Crippen molar-refractivity contribution < 1.29 is 4.74 Å². The Kier molecular flexibility index (Phi) is 3.07. The fourth-order valence-corrected chi connectivity index (χ4v) is 0.899. The van der Waals surface area contributed by atoms with Gasteiger partial charge < -0.3 is 4.74 Å². The summed E-state index contributed by atoms with van der Waals surface area (Å²) in [6.45, 7) is 3.77. The Morgan fingerprint density at radius 1 is 1.60 bits per heavy atom. The van der Waals surface area contributed by atoms with Gasteiger partial charge in [0.15, 0.2) is 0 Å². The summed E-state index contributed by atoms with van der Waals surface area (Å²) in [5.74, 6) is 1.10. The third kappa shape index (κ3) is 2.26. The second kappa shape index (κ2) is 4.15. The molecule has 0 bridgehead atoms. The van der Waals surface area contributed by atoms with E-state index in [4.69, 9.17) is 4.74 Å². The standard InChI is InChI=1S/C9H13O/c1-2-3-6-9-7-4-5-8-10-9/h5,7-8H,1-4,6H2. The highest BCUT2D eigenvalue weighted by Crippen LogP contribution is 2.13. The maximum Gasteiger partial charge on any atom is 0.0995 e. The monoisotopic (exact) mass is 137 g/mol. The van der Waals surface area contributed by atoms with Crippen LogP contribution in [0, 0.1) is 6.92 Å². The fraction of sp³-hybridized carbons (Fsp3) is 0.444. The Labute approximate surface area is 62.4 Å². The van der Waals surface area contributed by atoms with E-state index in [0.29, 0.717) is 0 Å². The topological polar surface area (TPSA) is 9.23 Å². The number of hydrogen-bond donors (Lipinski definition) is 0. The van der Waals surface area contributed by atoms with Crippen molar-refractivity contribution in [2.45, 2.75) is 25.7 Å². The van der Waals surface area contributed by atoms with E-state index in [2.05, 4.69) is 13.0 Å². The third-order valence-corrected chi connectivity index (χ3v) is 1.47. The molecule has 10 heavy (non-hydrogen) atoms. The maximum atomic E-state index is 5.23. The quantitative estimate of drug-likeness (QED) is 0.581. The molecule has 55 valence electrons. The van der Waals surface area contributed by atoms with Crippen LogP contribution in [-0.4, -0.2) is 0 Å². The highest BCUT2D eigenvalue weighted by atomic mass is 16.5. The zero-order valence-electron chi connectivity index (χ0n) is 6.18. The van der Waals surface area contributed by atoms with Gasteiger partial charge in [0, 0.05) is 6.42 Å². The summed E-state index contributed by atoms with van der Waals surface area (Å²) in [5.41, 5.74) is 0. The van der Waals surface area contributed by atoms with E-state index in [-0.39, 0.29) is 0 Å². The molecule has 1 radical (unpaired) electrons. The van der Waals surface area contributed by atoms with Gasteiger partial charge in [0.05, 0.1) is 12.0 Å². The molecule has 0 aromatic carbocycles. The Morgan fingerprint density at radius 2 is 2.50 bits per heavy atom. The number of allylic oxidation sites excluding steroid dienone is 3. The van der Waals surface area contributed by atoms with E-state index in [0.717, 1.165) is 31.4 Å². The van der Waals surface area contributed by atoms with Crippen molar-refractivity contribution in [2.75, 3.05) is 0 Å². The van der Waals surface area contributed by atoms with E-state index in [1.165, 1.54) is 0 Å². The van der Waals surface area contributed by atoms with Gasteiger partial charge >= 0.3 is 0 Å². The summed E-state index contributed by atoms with van der Waals surface area (Å²) < 4.78 is 5.23. The van der Waals surface area contributed by atoms with Gasteiger partial charge in [0.2, 0.25) is 0 Å². The summed E-state index contributed by atoms with van der Waals surface area (Å²) in [6.07, 6.45) is 10.1. The van der Waals surface area contributed by atoms with Crippen LogP contribution in [0.5, 0.6) is 0 Å². The Bertz CT molecular complexity index is 145. The van der Waals surface area contributed by atoms with Gasteiger partial charge in [-0.3, -0.25) is 0 Å². The Hall–Kier alpha value is -0.720. The minimum Gasteiger partial charge on any atom is -0.470 e. The number of unbranched alkanes of at least 4 members (excludes halogenated alkanes) is 1. The van der Waals surface area contributed by atoms with Gasteiger partial charge in [-0.1, -0.05) is 13.3 Å². The number of ether oxygens (including phenoxy) is 1. The molecule has 0 fully saturated rings. The first-order valence-electron chi connectivity index (χ1n) is 3.73. The molecule has 0 saturated carbocycles. The van der Waals surface area contributed by atoms with Gasteiger partial charge in [-0.25, -0.2) is 0 Å². The highest BCUT2D eigenvalue weighted by molar-refractivity contribution is 5.03. The third-order valence-electron chi connectivity index (χ3n) is 1.47. The molecule has 1 aliphatic rings. The van der Waals surface area contributed by atoms with E-state index >= 15 is 0 Å². The second-order valence-corrected chi connectivity index (χ2v) is 2.35. The lowest BCUT2D eigenvalue weighted by Crippen LogP contribution is -1.89. The van der Waals surface area contributed by atoms with Gasteiger partial charge in [-0.2, -0.15) is 0 Å². The average molecular weight is 137 g/mol. The lowest BCUT2D eigenvalue weighted by molar-refractivity contribution is 0.321. The average Bonchev–Trinajstić information content (AvgIpc) is 2.03. The van der Waals surface area contributed by atoms with Crippen LogP contribution in [0.2, 0.25) is 0 Å². The molecule has 1 heteroatoms. The smallest absolute Gasteiger partial charge is 0.0995 e. The predicted molar refractivity (Wildman–Crippen MR) is 42.1 cm³/mol. The largest absolute Gasteiger partial charge is 0.470 e. The fourth-order valence-electron chi connectivity index (χ4n) is 0.899. The summed E-state index contributed by atoms with van der Waals surface area (Å²) >= 11 is 0. The molecule has 0 N–H and O–H groups in total. The molecule has 0 atom stereocenters. The predicted octanol–water partition coefficient (Wildman–Crippen LogP) is 2.81. The molecule has 0 aromatic heterocycles. The summed E-state index contributed by atoms with van der Waals surface area (Å²) in [7, 11) is 0. The minimum absolute atomic E-state index is 0.990. The van der Waals surface area contributed by atoms with Gasteiger partial charge in [-0.05, 0) is 25.0 Å². The van der Waals surface area contributed by atoms with Crippen LogP contribution in [0.3, 0.4) is 0 Å². The first-order chi connectivity index (χ1) is 4.93. The van der Waals surface area contributed by atoms with E-state index in [1.54, 1.807) is 6.26 Å². The van der Waals surface area contributed by atoms with E-state index in [1.807, 2.05) is 6.08 Å². The molecule has 0 spiro atoms. The van der Waals surface area contributed by atoms with Crippen LogP contribution in [0.4, 0.5) is 0 Å². The lowest BCUT2D eigenvalue weighted by Gasteiger charge is -2.07. The Balaban J connectivity index is 2.21. The maximum absolute atomic E-state index is 5.23. The van der Waals surface area contributed by atoms with Crippen LogP contribution < -0.4 is 0 Å². The van der Waals surface area contributed by atoms with Gasteiger partial charge in [-0.15, -0.1) is 0 Å². The van der Waals surface area contributed by atoms with Gasteiger partial charge in [0.1, 0.15) is 0 Å². The molecule has 0 saturated heterocycles. The lowest BCUT2D eigenvalue weighted by atomic mass is 10.2. The normalized spacial score (nSPS) is 16.3. The van der Waals surface area contributed by atoms with Crippen molar-refractivity contribution in [3.05, 3.63) is 31.1 Å². The molecule has 0 aliphatic carbocycles. The first kappa shape index (κ1) is 7.39. The van der Waals surface area contributed by atoms with Crippen molar-refractivity contribution in [3.63, 3.8) is 0 Å². The molecular weight excluding hydrogens is 124 g/mol. The molecule has 0 aromatic rings. The van der Waals surface area contributed by atoms with Crippen molar-refractivity contribution in [1.29, 1.82) is 0 Å². The first-order valence-corrected chi connectivity index (χ1v) is 3.73. The molecule has 0 unspecified atom stereocenters. The summed E-state index contributed by atoms with van der Waals surface area (Å²) in [4.78, 5) is 0. The van der Waals surface area contributed by atoms with Crippen molar-refractivity contribution in [3.8, 4) is 0 Å². The molecule has 1 heterocycles. The van der Waals surface area contributed by atoms with Crippen LogP contribution in [0.25, 0.3) is 0 Å². The summed E-state index contributed by atoms with van der Waals surface area (Å²) in [6, 6.07) is 0. The minimum atomic E-state index is 0.990. The zero-order valence-corrected chi connectivity index (χ0v) is 6.18. The van der Waals surface area contributed by atoms with E-state index < -0.39 is 0 Å². The molecule has 1 rings (SSSR count). The van der Waals surface area contributed by atoms with Gasteiger partial charge in [0.25, 0.3) is 0 Å². The van der Waals surface area contributed by atoms with Crippen LogP contribution >= 0.6 is 0 Å². The van der Waals surface area contributed by atoms with Crippen LogP contribution in [0.1, 0.15) is 25.7 Å². The molecule has 1 aliphatic heterocycles. The van der Waals surface area contributed by atoms with Crippen molar-refractivity contribution in [2.24, 2.45) is 0 Å².